The lowest BCUT2D eigenvalue weighted by Crippen LogP contribution is -2.32. The van der Waals surface area contributed by atoms with Gasteiger partial charge in [0.05, 0.1) is 0 Å². The largest absolute Gasteiger partial charge is 0.324 e. The summed E-state index contributed by atoms with van der Waals surface area (Å²) in [4.78, 5) is 26.7. The van der Waals surface area contributed by atoms with E-state index >= 15 is 0 Å². The van der Waals surface area contributed by atoms with Gasteiger partial charge in [-0.1, -0.05) is 6.92 Å². The van der Waals surface area contributed by atoms with Gasteiger partial charge in [-0.05, 0) is 41.8 Å². The number of fused-ring (bicyclic) bond motifs is 2. The molecule has 3 aromatic rings. The third kappa shape index (κ3) is 2.46. The van der Waals surface area contributed by atoms with E-state index in [1.165, 1.54) is 0 Å². The van der Waals surface area contributed by atoms with E-state index in [9.17, 15) is 4.79 Å². The normalized spacial score (nSPS) is 17.0. The second-order valence-corrected chi connectivity index (χ2v) is 6.07. The van der Waals surface area contributed by atoms with Crippen LogP contribution in [0.25, 0.3) is 11.0 Å². The average molecular weight is 319 g/mol. The molecule has 1 aromatic carbocycles. The van der Waals surface area contributed by atoms with Crippen molar-refractivity contribution >= 4 is 34.3 Å². The SMILES string of the molecule is CC1CC(=O)N(C)c2ccc(Nc3ncc4cccnc4n3)cc21. The molecule has 1 aliphatic heterocycles. The van der Waals surface area contributed by atoms with Crippen LogP contribution in [0.15, 0.2) is 42.7 Å². The molecule has 24 heavy (non-hydrogen) atoms. The Balaban J connectivity index is 1.67. The monoisotopic (exact) mass is 319 g/mol. The molecule has 1 aliphatic rings. The lowest BCUT2D eigenvalue weighted by atomic mass is 9.91. The zero-order valence-electron chi connectivity index (χ0n) is 13.5. The number of amides is 1. The topological polar surface area (TPSA) is 71.0 Å². The van der Waals surface area contributed by atoms with Crippen LogP contribution >= 0.6 is 0 Å². The molecular weight excluding hydrogens is 302 g/mol. The molecule has 0 spiro atoms. The van der Waals surface area contributed by atoms with E-state index in [0.717, 1.165) is 22.3 Å². The number of nitrogens with one attached hydrogen (secondary N) is 1. The van der Waals surface area contributed by atoms with E-state index in [0.29, 0.717) is 18.0 Å². The molecule has 0 fully saturated rings. The summed E-state index contributed by atoms with van der Waals surface area (Å²) in [5.74, 6) is 0.860. The maximum atomic E-state index is 12.0. The first-order chi connectivity index (χ1) is 11.6. The molecule has 0 saturated heterocycles. The van der Waals surface area contributed by atoms with Gasteiger partial charge in [-0.3, -0.25) is 4.79 Å². The molecule has 120 valence electrons. The summed E-state index contributed by atoms with van der Waals surface area (Å²) in [5, 5.41) is 4.13. The van der Waals surface area contributed by atoms with Crippen LogP contribution in [0.1, 0.15) is 24.8 Å². The molecule has 1 amide bonds. The highest BCUT2D eigenvalue weighted by Gasteiger charge is 2.26. The van der Waals surface area contributed by atoms with Gasteiger partial charge in [0.15, 0.2) is 5.65 Å². The van der Waals surface area contributed by atoms with Gasteiger partial charge in [-0.15, -0.1) is 0 Å². The van der Waals surface area contributed by atoms with E-state index < -0.39 is 0 Å². The van der Waals surface area contributed by atoms with Crippen LogP contribution in [0.2, 0.25) is 0 Å². The van der Waals surface area contributed by atoms with Gasteiger partial charge in [-0.25, -0.2) is 9.97 Å². The molecule has 1 N–H and O–H groups in total. The maximum Gasteiger partial charge on any atom is 0.229 e. The van der Waals surface area contributed by atoms with Crippen LogP contribution < -0.4 is 10.2 Å². The molecule has 2 aromatic heterocycles. The summed E-state index contributed by atoms with van der Waals surface area (Å²) >= 11 is 0. The minimum Gasteiger partial charge on any atom is -0.324 e. The van der Waals surface area contributed by atoms with E-state index in [2.05, 4.69) is 33.3 Å². The Kier molecular flexibility index (Phi) is 3.37. The molecule has 0 bridgehead atoms. The standard InChI is InChI=1S/C18H17N5O/c1-11-8-16(24)23(2)15-6-5-13(9-14(11)15)21-18-20-10-12-4-3-7-19-17(12)22-18/h3-7,9-11H,8H2,1-2H3,(H,19,20,21,22). The molecule has 6 heteroatoms. The number of nitrogens with zero attached hydrogens (tertiary/aromatic N) is 4. The fraction of sp³-hybridized carbons (Fsp3) is 0.222. The second-order valence-electron chi connectivity index (χ2n) is 6.07. The summed E-state index contributed by atoms with van der Waals surface area (Å²) in [6.45, 7) is 2.07. The van der Waals surface area contributed by atoms with Crippen LogP contribution in [-0.4, -0.2) is 27.9 Å². The van der Waals surface area contributed by atoms with Crippen molar-refractivity contribution in [3.63, 3.8) is 0 Å². The van der Waals surface area contributed by atoms with Crippen molar-refractivity contribution in [1.29, 1.82) is 0 Å². The highest BCUT2D eigenvalue weighted by atomic mass is 16.2. The van der Waals surface area contributed by atoms with Crippen molar-refractivity contribution in [2.24, 2.45) is 0 Å². The first-order valence-corrected chi connectivity index (χ1v) is 7.87. The molecule has 6 nitrogen and oxygen atoms in total. The Morgan fingerprint density at radius 1 is 1.25 bits per heavy atom. The zero-order chi connectivity index (χ0) is 16.7. The Morgan fingerprint density at radius 3 is 3.00 bits per heavy atom. The van der Waals surface area contributed by atoms with Crippen molar-refractivity contribution < 1.29 is 4.79 Å². The van der Waals surface area contributed by atoms with Crippen LogP contribution in [0, 0.1) is 0 Å². The van der Waals surface area contributed by atoms with Crippen LogP contribution in [0.5, 0.6) is 0 Å². The number of benzene rings is 1. The Labute approximate surface area is 139 Å². The summed E-state index contributed by atoms with van der Waals surface area (Å²) in [5.41, 5.74) is 3.68. The number of carbonyl (C=O) groups excluding carboxylic acids is 1. The summed E-state index contributed by atoms with van der Waals surface area (Å²) in [7, 11) is 1.82. The predicted molar refractivity (Wildman–Crippen MR) is 93.5 cm³/mol. The summed E-state index contributed by atoms with van der Waals surface area (Å²) < 4.78 is 0. The van der Waals surface area contributed by atoms with Crippen molar-refractivity contribution in [2.75, 3.05) is 17.3 Å². The predicted octanol–water partition coefficient (Wildman–Crippen LogP) is 3.24. The number of aromatic nitrogens is 3. The van der Waals surface area contributed by atoms with Gasteiger partial charge >= 0.3 is 0 Å². The van der Waals surface area contributed by atoms with Crippen LogP contribution in [-0.2, 0) is 4.79 Å². The Morgan fingerprint density at radius 2 is 2.12 bits per heavy atom. The van der Waals surface area contributed by atoms with E-state index in [4.69, 9.17) is 0 Å². The van der Waals surface area contributed by atoms with Crippen LogP contribution in [0.3, 0.4) is 0 Å². The second kappa shape index (κ2) is 5.56. The molecule has 1 unspecified atom stereocenters. The van der Waals surface area contributed by atoms with Gasteiger partial charge < -0.3 is 10.2 Å². The van der Waals surface area contributed by atoms with E-state index in [-0.39, 0.29) is 11.8 Å². The van der Waals surface area contributed by atoms with E-state index in [1.807, 2.05) is 31.3 Å². The van der Waals surface area contributed by atoms with Gasteiger partial charge in [-0.2, -0.15) is 4.98 Å². The number of pyridine rings is 1. The van der Waals surface area contributed by atoms with E-state index in [1.54, 1.807) is 17.3 Å². The molecule has 4 rings (SSSR count). The third-order valence-corrected chi connectivity index (χ3v) is 4.39. The smallest absolute Gasteiger partial charge is 0.229 e. The lowest BCUT2D eigenvalue weighted by Gasteiger charge is -2.30. The Hall–Kier alpha value is -3.02. The van der Waals surface area contributed by atoms with Gasteiger partial charge in [0.25, 0.3) is 0 Å². The molecule has 3 heterocycles. The number of rotatable bonds is 2. The highest BCUT2D eigenvalue weighted by molar-refractivity contribution is 5.97. The quantitative estimate of drug-likeness (QED) is 0.785. The number of carbonyl (C=O) groups is 1. The van der Waals surface area contributed by atoms with Gasteiger partial charge in [0, 0.05) is 42.6 Å². The molecule has 1 atom stereocenters. The highest BCUT2D eigenvalue weighted by Crippen LogP contribution is 2.36. The number of anilines is 3. The first-order valence-electron chi connectivity index (χ1n) is 7.87. The van der Waals surface area contributed by atoms with Gasteiger partial charge in [0.1, 0.15) is 0 Å². The lowest BCUT2D eigenvalue weighted by molar-refractivity contribution is -0.119. The average Bonchev–Trinajstić information content (AvgIpc) is 2.60. The maximum absolute atomic E-state index is 12.0. The molecule has 0 radical (unpaired) electrons. The molecular formula is C18H17N5O. The minimum absolute atomic E-state index is 0.152. The fourth-order valence-electron chi connectivity index (χ4n) is 3.03. The van der Waals surface area contributed by atoms with Crippen molar-refractivity contribution in [2.45, 2.75) is 19.3 Å². The fourth-order valence-corrected chi connectivity index (χ4v) is 3.03. The summed E-state index contributed by atoms with van der Waals surface area (Å²) in [6.07, 6.45) is 4.00. The molecule has 0 saturated carbocycles. The Bertz CT molecular complexity index is 940. The number of hydrogen-bond donors (Lipinski definition) is 1. The third-order valence-electron chi connectivity index (χ3n) is 4.39. The van der Waals surface area contributed by atoms with Crippen molar-refractivity contribution in [1.82, 2.24) is 15.0 Å². The van der Waals surface area contributed by atoms with Crippen LogP contribution in [0.4, 0.5) is 17.3 Å². The number of hydrogen-bond acceptors (Lipinski definition) is 5. The zero-order valence-corrected chi connectivity index (χ0v) is 13.5. The van der Waals surface area contributed by atoms with Crippen molar-refractivity contribution in [3.05, 3.63) is 48.3 Å². The van der Waals surface area contributed by atoms with Gasteiger partial charge in [0.2, 0.25) is 11.9 Å². The summed E-state index contributed by atoms with van der Waals surface area (Å²) in [6, 6.07) is 9.76. The first kappa shape index (κ1) is 14.6. The van der Waals surface area contributed by atoms with Crippen molar-refractivity contribution in [3.8, 4) is 0 Å². The molecule has 0 aliphatic carbocycles. The minimum atomic E-state index is 0.152.